The fourth-order valence-electron chi connectivity index (χ4n) is 6.44. The summed E-state index contributed by atoms with van der Waals surface area (Å²) in [5, 5.41) is 21.7. The van der Waals surface area contributed by atoms with Crippen molar-refractivity contribution < 1.29 is 29.1 Å². The first kappa shape index (κ1) is 32.3. The number of carbonyl (C=O) groups is 5. The third-order valence-corrected chi connectivity index (χ3v) is 8.92. The molecule has 12 heteroatoms. The molecule has 4 atom stereocenters. The average Bonchev–Trinajstić information content (AvgIpc) is 3.75. The summed E-state index contributed by atoms with van der Waals surface area (Å²) < 4.78 is 0. The Kier molecular flexibility index (Phi) is 9.70. The number of amides is 5. The van der Waals surface area contributed by atoms with E-state index in [0.29, 0.717) is 24.9 Å². The number of hydrogen-bond donors (Lipinski definition) is 6. The first-order chi connectivity index (χ1) is 23.2. The minimum atomic E-state index is -1.07. The fraction of sp³-hybridized carbons (Fsp3) is 0.306. The summed E-state index contributed by atoms with van der Waals surface area (Å²) in [6.45, 7) is -0.132. The van der Waals surface area contributed by atoms with Crippen LogP contribution in [0.5, 0.6) is 5.75 Å². The van der Waals surface area contributed by atoms with Crippen molar-refractivity contribution in [2.24, 2.45) is 0 Å². The molecule has 0 radical (unpaired) electrons. The zero-order chi connectivity index (χ0) is 33.6. The number of phenols is 1. The molecule has 5 amide bonds. The van der Waals surface area contributed by atoms with Crippen LogP contribution in [0.15, 0.2) is 85.1 Å². The molecule has 2 saturated heterocycles. The number of fused-ring (bicyclic) bond motifs is 2. The van der Waals surface area contributed by atoms with Gasteiger partial charge in [-0.05, 0) is 47.7 Å². The Labute approximate surface area is 277 Å². The molecule has 0 bridgehead atoms. The molecular formula is C36H38N6O6. The van der Waals surface area contributed by atoms with E-state index >= 15 is 0 Å². The molecule has 48 heavy (non-hydrogen) atoms. The van der Waals surface area contributed by atoms with Gasteiger partial charge in [0.05, 0.1) is 6.54 Å². The molecule has 12 nitrogen and oxygen atoms in total. The number of H-pyrrole nitrogens is 1. The van der Waals surface area contributed by atoms with Gasteiger partial charge in [-0.25, -0.2) is 0 Å². The summed E-state index contributed by atoms with van der Waals surface area (Å²) in [6, 6.07) is 19.1. The number of phenolic OH excluding ortho intramolecular Hbond substituents is 1. The highest BCUT2D eigenvalue weighted by Gasteiger charge is 2.39. The Bertz CT molecular complexity index is 1810. The maximum atomic E-state index is 14.0. The smallest absolute Gasteiger partial charge is 0.246 e. The van der Waals surface area contributed by atoms with Crippen molar-refractivity contribution in [2.75, 3.05) is 13.1 Å². The van der Waals surface area contributed by atoms with E-state index in [9.17, 15) is 29.1 Å². The van der Waals surface area contributed by atoms with Crippen LogP contribution in [0.4, 0.5) is 0 Å². The Morgan fingerprint density at radius 3 is 2.15 bits per heavy atom. The Hall–Kier alpha value is -5.65. The molecule has 6 N–H and O–H groups in total. The minimum Gasteiger partial charge on any atom is -0.508 e. The van der Waals surface area contributed by atoms with Crippen LogP contribution in [0.25, 0.3) is 10.9 Å². The van der Waals surface area contributed by atoms with Gasteiger partial charge in [0.25, 0.3) is 0 Å². The molecule has 248 valence electrons. The van der Waals surface area contributed by atoms with Crippen LogP contribution >= 0.6 is 0 Å². The maximum Gasteiger partial charge on any atom is 0.246 e. The van der Waals surface area contributed by atoms with E-state index in [1.165, 1.54) is 17.0 Å². The Morgan fingerprint density at radius 2 is 1.35 bits per heavy atom. The quantitative estimate of drug-likeness (QED) is 0.185. The lowest BCUT2D eigenvalue weighted by atomic mass is 10.0. The summed E-state index contributed by atoms with van der Waals surface area (Å²) in [6.07, 6.45) is 3.12. The van der Waals surface area contributed by atoms with Crippen LogP contribution in [0.3, 0.4) is 0 Å². The first-order valence-corrected chi connectivity index (χ1v) is 16.1. The van der Waals surface area contributed by atoms with Gasteiger partial charge in [-0.3, -0.25) is 24.0 Å². The largest absolute Gasteiger partial charge is 0.508 e. The van der Waals surface area contributed by atoms with Gasteiger partial charge in [-0.15, -0.1) is 0 Å². The molecule has 2 aliphatic heterocycles. The van der Waals surface area contributed by atoms with Gasteiger partial charge in [0.1, 0.15) is 29.9 Å². The van der Waals surface area contributed by atoms with Crippen molar-refractivity contribution in [1.29, 1.82) is 0 Å². The van der Waals surface area contributed by atoms with Gasteiger partial charge in [0, 0.05) is 42.9 Å². The number of aromatic hydroxyl groups is 1. The number of benzene rings is 3. The van der Waals surface area contributed by atoms with Crippen molar-refractivity contribution >= 4 is 40.4 Å². The van der Waals surface area contributed by atoms with Crippen LogP contribution in [0, 0.1) is 0 Å². The van der Waals surface area contributed by atoms with Gasteiger partial charge in [0.15, 0.2) is 0 Å². The van der Waals surface area contributed by atoms with Crippen LogP contribution < -0.4 is 21.3 Å². The molecule has 0 aliphatic carbocycles. The maximum absolute atomic E-state index is 14.0. The molecule has 2 fully saturated rings. The van der Waals surface area contributed by atoms with E-state index in [2.05, 4.69) is 26.3 Å². The van der Waals surface area contributed by atoms with Crippen LogP contribution in [-0.2, 0) is 43.2 Å². The third kappa shape index (κ3) is 7.49. The highest BCUT2D eigenvalue weighted by atomic mass is 16.3. The summed E-state index contributed by atoms with van der Waals surface area (Å²) in [5.74, 6) is -2.63. The second-order valence-electron chi connectivity index (χ2n) is 12.3. The normalized spacial score (nSPS) is 22.6. The van der Waals surface area contributed by atoms with E-state index in [-0.39, 0.29) is 25.0 Å². The van der Waals surface area contributed by atoms with Gasteiger partial charge in [0.2, 0.25) is 29.5 Å². The van der Waals surface area contributed by atoms with Gasteiger partial charge < -0.3 is 36.3 Å². The van der Waals surface area contributed by atoms with Crippen LogP contribution in [0.1, 0.15) is 29.5 Å². The lowest BCUT2D eigenvalue weighted by Gasteiger charge is -2.30. The number of nitrogens with zero attached hydrogens (tertiary/aromatic N) is 1. The molecule has 0 saturated carbocycles. The lowest BCUT2D eigenvalue weighted by Crippen LogP contribution is -2.58. The summed E-state index contributed by atoms with van der Waals surface area (Å²) in [5.41, 5.74) is 3.15. The van der Waals surface area contributed by atoms with Gasteiger partial charge in [-0.2, -0.15) is 0 Å². The summed E-state index contributed by atoms with van der Waals surface area (Å²) in [4.78, 5) is 73.3. The van der Waals surface area contributed by atoms with E-state index in [0.717, 1.165) is 22.0 Å². The highest BCUT2D eigenvalue weighted by Crippen LogP contribution is 2.23. The molecule has 1 aromatic heterocycles. The number of nitrogens with one attached hydrogen (secondary N) is 5. The standard InChI is InChI=1S/C36H38N6O6/c43-25-14-12-23(13-15-25)18-30-36(48)42-16-6-11-31(42)35(47)41-29(19-24-20-37-27-10-5-4-9-26(24)27)34(46)40-28(17-22-7-2-1-3-8-22)33(45)38-21-32(44)39-30/h1-5,7-10,12-15,20,28-31,37,43H,6,11,16-19,21H2,(H,38,45)(H,39,44)(H,40,46)(H,41,47)/t28-,29-,30+,31-/m1/s1. The molecular weight excluding hydrogens is 612 g/mol. The number of carbonyl (C=O) groups excluding carboxylic acids is 5. The number of hydrogen-bond acceptors (Lipinski definition) is 6. The molecule has 2 aliphatic rings. The first-order valence-electron chi connectivity index (χ1n) is 16.1. The van der Waals surface area contributed by atoms with Crippen molar-refractivity contribution in [3.63, 3.8) is 0 Å². The zero-order valence-electron chi connectivity index (χ0n) is 26.3. The number of para-hydroxylation sites is 1. The monoisotopic (exact) mass is 650 g/mol. The predicted octanol–water partition coefficient (Wildman–Crippen LogP) is 1.48. The molecule has 0 spiro atoms. The molecule has 4 aromatic rings. The highest BCUT2D eigenvalue weighted by molar-refractivity contribution is 5.98. The SMILES string of the molecule is O=C1CNC(=O)[C@@H](Cc2ccccc2)NC(=O)[C@@H](Cc2c[nH]c3ccccc23)NC(=O)[C@H]2CCCN2C(=O)[C@H](Cc2ccc(O)cc2)N1. The minimum absolute atomic E-state index is 0.0607. The fourth-order valence-corrected chi connectivity index (χ4v) is 6.44. The van der Waals surface area contributed by atoms with Crippen molar-refractivity contribution in [3.8, 4) is 5.75 Å². The van der Waals surface area contributed by atoms with E-state index in [1.807, 2.05) is 54.6 Å². The van der Waals surface area contributed by atoms with Crippen molar-refractivity contribution in [1.82, 2.24) is 31.2 Å². The Morgan fingerprint density at radius 1 is 0.688 bits per heavy atom. The van der Waals surface area contributed by atoms with E-state index in [1.54, 1.807) is 18.3 Å². The number of aromatic amines is 1. The second-order valence-corrected chi connectivity index (χ2v) is 12.3. The Balaban J connectivity index is 1.33. The number of rotatable bonds is 6. The van der Waals surface area contributed by atoms with E-state index in [4.69, 9.17) is 0 Å². The van der Waals surface area contributed by atoms with Gasteiger partial charge >= 0.3 is 0 Å². The zero-order valence-corrected chi connectivity index (χ0v) is 26.3. The number of aromatic nitrogens is 1. The van der Waals surface area contributed by atoms with Crippen LogP contribution in [0.2, 0.25) is 0 Å². The predicted molar refractivity (Wildman–Crippen MR) is 177 cm³/mol. The second kappa shape index (κ2) is 14.4. The summed E-state index contributed by atoms with van der Waals surface area (Å²) >= 11 is 0. The van der Waals surface area contributed by atoms with E-state index < -0.39 is 60.2 Å². The average molecular weight is 651 g/mol. The molecule has 6 rings (SSSR count). The topological polar surface area (TPSA) is 173 Å². The molecule has 3 heterocycles. The third-order valence-electron chi connectivity index (χ3n) is 8.92. The van der Waals surface area contributed by atoms with Gasteiger partial charge in [-0.1, -0.05) is 60.7 Å². The van der Waals surface area contributed by atoms with Crippen molar-refractivity contribution in [3.05, 3.63) is 102 Å². The lowest BCUT2D eigenvalue weighted by molar-refractivity contribution is -0.142. The van der Waals surface area contributed by atoms with Crippen molar-refractivity contribution in [2.45, 2.75) is 56.3 Å². The molecule has 0 unspecified atom stereocenters. The summed E-state index contributed by atoms with van der Waals surface area (Å²) in [7, 11) is 0. The van der Waals surface area contributed by atoms with Crippen LogP contribution in [-0.4, -0.2) is 81.8 Å². The molecule has 3 aromatic carbocycles.